The molecule has 1 rings (SSSR count). The molecule has 1 heterocycles. The fourth-order valence-electron chi connectivity index (χ4n) is 1.58. The molecule has 0 fully saturated rings. The summed E-state index contributed by atoms with van der Waals surface area (Å²) in [7, 11) is 1.44. The van der Waals surface area contributed by atoms with Gasteiger partial charge in [0.15, 0.2) is 0 Å². The number of rotatable bonds is 6. The van der Waals surface area contributed by atoms with Crippen LogP contribution in [0.2, 0.25) is 0 Å². The van der Waals surface area contributed by atoms with Gasteiger partial charge >= 0.3 is 5.97 Å². The third-order valence-corrected chi connectivity index (χ3v) is 2.34. The van der Waals surface area contributed by atoms with Crippen LogP contribution in [0, 0.1) is 0 Å². The Morgan fingerprint density at radius 1 is 1.50 bits per heavy atom. The molecule has 18 heavy (non-hydrogen) atoms. The zero-order chi connectivity index (χ0) is 13.5. The molecule has 0 radical (unpaired) electrons. The topological polar surface area (TPSA) is 79.7 Å². The summed E-state index contributed by atoms with van der Waals surface area (Å²) in [5.41, 5.74) is 0.321. The summed E-state index contributed by atoms with van der Waals surface area (Å²) in [5, 5.41) is 8.80. The maximum absolute atomic E-state index is 12.2. The molecule has 0 aliphatic heterocycles. The van der Waals surface area contributed by atoms with Crippen LogP contribution >= 0.6 is 0 Å². The van der Waals surface area contributed by atoms with E-state index in [1.165, 1.54) is 30.5 Å². The van der Waals surface area contributed by atoms with Crippen molar-refractivity contribution in [3.05, 3.63) is 24.0 Å². The highest BCUT2D eigenvalue weighted by Gasteiger charge is 2.20. The van der Waals surface area contributed by atoms with Crippen LogP contribution in [-0.2, 0) is 4.79 Å². The summed E-state index contributed by atoms with van der Waals surface area (Å²) >= 11 is 0. The number of aromatic nitrogens is 1. The van der Waals surface area contributed by atoms with E-state index in [-0.39, 0.29) is 12.5 Å². The summed E-state index contributed by atoms with van der Waals surface area (Å²) in [6.07, 6.45) is 3.59. The number of ether oxygens (including phenoxy) is 1. The van der Waals surface area contributed by atoms with Gasteiger partial charge in [0.2, 0.25) is 0 Å². The van der Waals surface area contributed by atoms with Crippen molar-refractivity contribution in [1.29, 1.82) is 0 Å². The van der Waals surface area contributed by atoms with E-state index in [0.717, 1.165) is 0 Å². The average Bonchev–Trinajstić information content (AvgIpc) is 2.37. The van der Waals surface area contributed by atoms with Gasteiger partial charge in [-0.15, -0.1) is 0 Å². The third kappa shape index (κ3) is 3.44. The smallest absolute Gasteiger partial charge is 0.323 e. The van der Waals surface area contributed by atoms with E-state index in [1.54, 1.807) is 0 Å². The van der Waals surface area contributed by atoms with Crippen LogP contribution in [-0.4, -0.2) is 47.1 Å². The molecule has 0 aliphatic rings. The quantitative estimate of drug-likeness (QED) is 0.817. The van der Waals surface area contributed by atoms with Crippen molar-refractivity contribution >= 4 is 11.9 Å². The lowest BCUT2D eigenvalue weighted by atomic mass is 10.2. The van der Waals surface area contributed by atoms with Gasteiger partial charge in [-0.1, -0.05) is 6.92 Å². The van der Waals surface area contributed by atoms with E-state index < -0.39 is 5.97 Å². The Kier molecular flexibility index (Phi) is 5.10. The van der Waals surface area contributed by atoms with Crippen molar-refractivity contribution < 1.29 is 19.4 Å². The SMILES string of the molecule is CCCN(CC(=O)O)C(=O)c1ccncc1OC. The second kappa shape index (κ2) is 6.58. The zero-order valence-corrected chi connectivity index (χ0v) is 10.4. The van der Waals surface area contributed by atoms with E-state index >= 15 is 0 Å². The molecule has 98 valence electrons. The predicted octanol–water partition coefficient (Wildman–Crippen LogP) is 1.03. The Bertz CT molecular complexity index is 434. The van der Waals surface area contributed by atoms with E-state index in [2.05, 4.69) is 4.98 Å². The average molecular weight is 252 g/mol. The van der Waals surface area contributed by atoms with Gasteiger partial charge in [-0.05, 0) is 12.5 Å². The Labute approximate surface area is 105 Å². The standard InChI is InChI=1S/C12H16N2O4/c1-3-6-14(8-11(15)16)12(17)9-4-5-13-7-10(9)18-2/h4-5,7H,3,6,8H2,1-2H3,(H,15,16). The largest absolute Gasteiger partial charge is 0.494 e. The lowest BCUT2D eigenvalue weighted by Crippen LogP contribution is -2.36. The van der Waals surface area contributed by atoms with Gasteiger partial charge in [0, 0.05) is 12.7 Å². The minimum absolute atomic E-state index is 0.321. The zero-order valence-electron chi connectivity index (χ0n) is 10.4. The number of nitrogens with zero attached hydrogens (tertiary/aromatic N) is 2. The molecule has 0 atom stereocenters. The molecule has 0 aromatic carbocycles. The molecule has 0 bridgehead atoms. The van der Waals surface area contributed by atoms with Gasteiger partial charge in [-0.3, -0.25) is 14.6 Å². The van der Waals surface area contributed by atoms with Crippen LogP contribution in [0.5, 0.6) is 5.75 Å². The highest BCUT2D eigenvalue weighted by atomic mass is 16.5. The van der Waals surface area contributed by atoms with Crippen LogP contribution in [0.1, 0.15) is 23.7 Å². The summed E-state index contributed by atoms with van der Waals surface area (Å²) < 4.78 is 5.04. The van der Waals surface area contributed by atoms with Gasteiger partial charge in [0.25, 0.3) is 5.91 Å². The lowest BCUT2D eigenvalue weighted by Gasteiger charge is -2.20. The third-order valence-electron chi connectivity index (χ3n) is 2.34. The molecule has 0 saturated heterocycles. The van der Waals surface area contributed by atoms with Gasteiger partial charge in [-0.25, -0.2) is 0 Å². The van der Waals surface area contributed by atoms with Crippen molar-refractivity contribution in [2.75, 3.05) is 20.2 Å². The molecule has 0 saturated carbocycles. The Balaban J connectivity index is 2.97. The van der Waals surface area contributed by atoms with Crippen LogP contribution in [0.4, 0.5) is 0 Å². The monoisotopic (exact) mass is 252 g/mol. The van der Waals surface area contributed by atoms with Gasteiger partial charge in [0.05, 0.1) is 18.9 Å². The highest BCUT2D eigenvalue weighted by Crippen LogP contribution is 2.18. The first-order valence-electron chi connectivity index (χ1n) is 5.59. The van der Waals surface area contributed by atoms with E-state index in [0.29, 0.717) is 24.3 Å². The molecule has 1 aromatic heterocycles. The number of carboxylic acid groups (broad SMARTS) is 1. The van der Waals surface area contributed by atoms with Crippen molar-refractivity contribution in [3.63, 3.8) is 0 Å². The number of carbonyl (C=O) groups excluding carboxylic acids is 1. The lowest BCUT2D eigenvalue weighted by molar-refractivity contribution is -0.137. The first-order chi connectivity index (χ1) is 8.60. The minimum atomic E-state index is -1.04. The van der Waals surface area contributed by atoms with Crippen molar-refractivity contribution in [3.8, 4) is 5.75 Å². The number of hydrogen-bond donors (Lipinski definition) is 1. The molecule has 1 N–H and O–H groups in total. The molecule has 6 heteroatoms. The molecule has 0 aliphatic carbocycles. The number of hydrogen-bond acceptors (Lipinski definition) is 4. The summed E-state index contributed by atoms with van der Waals surface area (Å²) in [4.78, 5) is 28.1. The normalized spacial score (nSPS) is 9.89. The minimum Gasteiger partial charge on any atom is -0.494 e. The maximum Gasteiger partial charge on any atom is 0.323 e. The molecular formula is C12H16N2O4. The summed E-state index contributed by atoms with van der Waals surface area (Å²) in [5.74, 6) is -1.06. The first kappa shape index (κ1) is 14.0. The second-order valence-corrected chi connectivity index (χ2v) is 3.70. The van der Waals surface area contributed by atoms with Gasteiger partial charge in [0.1, 0.15) is 12.3 Å². The predicted molar refractivity (Wildman–Crippen MR) is 64.6 cm³/mol. The van der Waals surface area contributed by atoms with Gasteiger partial charge in [-0.2, -0.15) is 0 Å². The van der Waals surface area contributed by atoms with Gasteiger partial charge < -0.3 is 14.7 Å². The fourth-order valence-corrected chi connectivity index (χ4v) is 1.58. The number of aliphatic carboxylic acids is 1. The Morgan fingerprint density at radius 2 is 2.22 bits per heavy atom. The Hall–Kier alpha value is -2.11. The maximum atomic E-state index is 12.2. The van der Waals surface area contributed by atoms with E-state index in [4.69, 9.17) is 9.84 Å². The molecule has 0 spiro atoms. The number of methoxy groups -OCH3 is 1. The number of carboxylic acids is 1. The summed E-state index contributed by atoms with van der Waals surface area (Å²) in [6, 6.07) is 1.52. The first-order valence-corrected chi connectivity index (χ1v) is 5.59. The fraction of sp³-hybridized carbons (Fsp3) is 0.417. The van der Waals surface area contributed by atoms with Crippen molar-refractivity contribution in [1.82, 2.24) is 9.88 Å². The van der Waals surface area contributed by atoms with Crippen molar-refractivity contribution in [2.45, 2.75) is 13.3 Å². The van der Waals surface area contributed by atoms with E-state index in [1.807, 2.05) is 6.92 Å². The molecule has 1 amide bonds. The molecule has 0 unspecified atom stereocenters. The number of pyridine rings is 1. The molecule has 1 aromatic rings. The van der Waals surface area contributed by atoms with Crippen molar-refractivity contribution in [2.24, 2.45) is 0 Å². The molecule has 6 nitrogen and oxygen atoms in total. The summed E-state index contributed by atoms with van der Waals surface area (Å²) in [6.45, 7) is 1.95. The van der Waals surface area contributed by atoms with E-state index in [9.17, 15) is 9.59 Å². The van der Waals surface area contributed by atoms with Crippen LogP contribution in [0.3, 0.4) is 0 Å². The van der Waals surface area contributed by atoms with Crippen LogP contribution < -0.4 is 4.74 Å². The number of amides is 1. The molecular weight excluding hydrogens is 236 g/mol. The second-order valence-electron chi connectivity index (χ2n) is 3.70. The van der Waals surface area contributed by atoms with Crippen LogP contribution in [0.15, 0.2) is 18.5 Å². The Morgan fingerprint density at radius 3 is 2.78 bits per heavy atom. The highest BCUT2D eigenvalue weighted by molar-refractivity contribution is 5.98. The van der Waals surface area contributed by atoms with Crippen LogP contribution in [0.25, 0.3) is 0 Å². The number of carbonyl (C=O) groups is 2.